The summed E-state index contributed by atoms with van der Waals surface area (Å²) in [6, 6.07) is 28.9. The molecule has 3 saturated heterocycles. The van der Waals surface area contributed by atoms with Gasteiger partial charge in [-0.2, -0.15) is 0 Å². The summed E-state index contributed by atoms with van der Waals surface area (Å²) < 4.78 is 4.74. The second-order valence-corrected chi connectivity index (χ2v) is 15.4. The van der Waals surface area contributed by atoms with E-state index in [9.17, 15) is 9.90 Å². The van der Waals surface area contributed by atoms with E-state index < -0.39 is 28.7 Å². The summed E-state index contributed by atoms with van der Waals surface area (Å²) in [5.74, 6) is -1.50. The maximum Gasteiger partial charge on any atom is 0.251 e. The molecule has 7 atom stereocenters. The second-order valence-electron chi connectivity index (χ2n) is 13.8. The first kappa shape index (κ1) is 35.5. The van der Waals surface area contributed by atoms with Crippen molar-refractivity contribution in [3.05, 3.63) is 128 Å². The van der Waals surface area contributed by atoms with Crippen LogP contribution in [0.15, 0.2) is 122 Å². The summed E-state index contributed by atoms with van der Waals surface area (Å²) in [4.78, 5) is 50.6. The molecule has 4 aromatic rings. The zero-order valence-electron chi connectivity index (χ0n) is 29.6. The third-order valence-corrected chi connectivity index (χ3v) is 13.1. The lowest BCUT2D eigenvalue weighted by molar-refractivity contribution is -0.142. The van der Waals surface area contributed by atoms with Gasteiger partial charge in [-0.25, -0.2) is 0 Å². The summed E-state index contributed by atoms with van der Waals surface area (Å²) in [5, 5.41) is 12.9. The van der Waals surface area contributed by atoms with Crippen molar-refractivity contribution in [1.29, 1.82) is 0 Å². The zero-order chi connectivity index (χ0) is 36.6. The number of nitrogens with zero attached hydrogens (tertiary/aromatic N) is 3. The Bertz CT molecular complexity index is 1990. The molecule has 2 bridgehead atoms. The van der Waals surface area contributed by atoms with Crippen molar-refractivity contribution in [2.24, 2.45) is 17.8 Å². The number of thioether (sulfide) groups is 1. The van der Waals surface area contributed by atoms with Crippen LogP contribution in [0.5, 0.6) is 5.75 Å². The SMILES string of the molecule is C=CCN(C(=O)C1N([C@H](CO)c2ccccc2)C(=O)[C@@H]2[C@@H](C(=O)N(CC=C)c3ccc(OCC)cc3)[C@H]3CC(C)C12S3)c1ccc2ccccc2c1. The van der Waals surface area contributed by atoms with E-state index in [4.69, 9.17) is 4.74 Å². The van der Waals surface area contributed by atoms with Gasteiger partial charge in [0.25, 0.3) is 5.91 Å². The molecule has 0 saturated carbocycles. The first-order chi connectivity index (χ1) is 25.3. The van der Waals surface area contributed by atoms with Gasteiger partial charge < -0.3 is 24.5 Å². The minimum absolute atomic E-state index is 0.0601. The van der Waals surface area contributed by atoms with Crippen LogP contribution in [0.4, 0.5) is 11.4 Å². The Balaban J connectivity index is 1.35. The van der Waals surface area contributed by atoms with Crippen LogP contribution in [0.1, 0.15) is 31.9 Å². The van der Waals surface area contributed by atoms with E-state index in [1.165, 1.54) is 0 Å². The summed E-state index contributed by atoms with van der Waals surface area (Å²) in [7, 11) is 0. The number of amides is 3. The van der Waals surface area contributed by atoms with Crippen LogP contribution in [-0.2, 0) is 14.4 Å². The van der Waals surface area contributed by atoms with Gasteiger partial charge in [0.2, 0.25) is 11.8 Å². The molecule has 52 heavy (non-hydrogen) atoms. The number of aliphatic hydroxyl groups excluding tert-OH is 1. The highest BCUT2D eigenvalue weighted by Gasteiger charge is 2.77. The molecule has 7 rings (SSSR count). The molecule has 3 heterocycles. The van der Waals surface area contributed by atoms with Crippen molar-refractivity contribution in [3.8, 4) is 5.75 Å². The number of aliphatic hydroxyl groups is 1. The summed E-state index contributed by atoms with van der Waals surface area (Å²) >= 11 is 1.62. The van der Waals surface area contributed by atoms with Gasteiger partial charge in [-0.3, -0.25) is 14.4 Å². The number of anilines is 2. The predicted molar refractivity (Wildman–Crippen MR) is 208 cm³/mol. The average molecular weight is 716 g/mol. The molecular formula is C43H45N3O5S. The normalized spacial score (nSPS) is 25.1. The Kier molecular flexibility index (Phi) is 10.0. The Morgan fingerprint density at radius 3 is 2.21 bits per heavy atom. The molecule has 1 N–H and O–H groups in total. The molecule has 0 aromatic heterocycles. The van der Waals surface area contributed by atoms with E-state index in [1.54, 1.807) is 38.6 Å². The number of benzene rings is 4. The molecule has 0 aliphatic carbocycles. The van der Waals surface area contributed by atoms with E-state index in [1.807, 2.05) is 104 Å². The highest BCUT2D eigenvalue weighted by molar-refractivity contribution is 8.02. The number of rotatable bonds is 13. The van der Waals surface area contributed by atoms with Gasteiger partial charge in [-0.15, -0.1) is 24.9 Å². The number of hydrogen-bond donors (Lipinski definition) is 1. The molecule has 1 spiro atoms. The number of carbonyl (C=O) groups is 3. The lowest BCUT2D eigenvalue weighted by Crippen LogP contribution is -2.58. The van der Waals surface area contributed by atoms with Crippen molar-refractivity contribution < 1.29 is 24.2 Å². The van der Waals surface area contributed by atoms with Gasteiger partial charge in [0.15, 0.2) is 0 Å². The van der Waals surface area contributed by atoms with Gasteiger partial charge in [0.1, 0.15) is 11.8 Å². The first-order valence-electron chi connectivity index (χ1n) is 18.0. The van der Waals surface area contributed by atoms with E-state index in [0.717, 1.165) is 16.3 Å². The van der Waals surface area contributed by atoms with Crippen molar-refractivity contribution in [3.63, 3.8) is 0 Å². The summed E-state index contributed by atoms with van der Waals surface area (Å²) in [6.07, 6.45) is 4.07. The Labute approximate surface area is 309 Å². The fourth-order valence-corrected chi connectivity index (χ4v) is 11.2. The fourth-order valence-electron chi connectivity index (χ4n) is 8.85. The van der Waals surface area contributed by atoms with E-state index >= 15 is 9.59 Å². The summed E-state index contributed by atoms with van der Waals surface area (Å²) in [6.45, 7) is 12.6. The van der Waals surface area contributed by atoms with Crippen LogP contribution in [0.2, 0.25) is 0 Å². The predicted octanol–water partition coefficient (Wildman–Crippen LogP) is 7.05. The van der Waals surface area contributed by atoms with Gasteiger partial charge >= 0.3 is 0 Å². The molecule has 3 amide bonds. The van der Waals surface area contributed by atoms with E-state index in [0.29, 0.717) is 30.2 Å². The maximum absolute atomic E-state index is 15.4. The van der Waals surface area contributed by atoms with Crippen LogP contribution < -0.4 is 14.5 Å². The van der Waals surface area contributed by atoms with Crippen molar-refractivity contribution in [1.82, 2.24) is 4.90 Å². The summed E-state index contributed by atoms with van der Waals surface area (Å²) in [5.41, 5.74) is 2.11. The van der Waals surface area contributed by atoms with Gasteiger partial charge in [0, 0.05) is 29.7 Å². The minimum Gasteiger partial charge on any atom is -0.494 e. The second kappa shape index (κ2) is 14.6. The third-order valence-electron chi connectivity index (χ3n) is 11.1. The van der Waals surface area contributed by atoms with E-state index in [-0.39, 0.29) is 48.6 Å². The maximum atomic E-state index is 15.4. The smallest absolute Gasteiger partial charge is 0.251 e. The van der Waals surface area contributed by atoms with Crippen molar-refractivity contribution in [2.45, 2.75) is 42.3 Å². The molecule has 268 valence electrons. The first-order valence-corrected chi connectivity index (χ1v) is 18.9. The van der Waals surface area contributed by atoms with Crippen molar-refractivity contribution >= 4 is 51.6 Å². The minimum atomic E-state index is -0.949. The standard InChI is InChI=1S/C43H45N3O5S/c1-5-23-44(32-19-21-34(22-20-32)51-7-3)40(48)37-36-25-28(4)43(52-36)38(37)41(49)46(35(27-47)30-14-9-8-10-15-30)39(43)42(50)45(24-6-2)33-18-17-29-13-11-12-16-31(29)26-33/h5-6,8-22,26,28,35-39,47H,1-2,7,23-25,27H2,3-4H3/t28?,35-,36-,37+,38+,39?,43?/m1/s1. The van der Waals surface area contributed by atoms with Crippen LogP contribution in [0.25, 0.3) is 10.8 Å². The Morgan fingerprint density at radius 1 is 0.923 bits per heavy atom. The van der Waals surface area contributed by atoms with Crippen LogP contribution >= 0.6 is 11.8 Å². The largest absolute Gasteiger partial charge is 0.494 e. The molecule has 3 aliphatic heterocycles. The number of fused-ring (bicyclic) bond motifs is 2. The molecule has 0 radical (unpaired) electrons. The Hall–Kier alpha value is -4.86. The average Bonchev–Trinajstić information content (AvgIpc) is 3.77. The zero-order valence-corrected chi connectivity index (χ0v) is 30.5. The Morgan fingerprint density at radius 2 is 1.56 bits per heavy atom. The highest BCUT2D eigenvalue weighted by atomic mass is 32.2. The van der Waals surface area contributed by atoms with Gasteiger partial charge in [-0.05, 0) is 72.0 Å². The van der Waals surface area contributed by atoms with Crippen LogP contribution in [0, 0.1) is 17.8 Å². The molecular weight excluding hydrogens is 671 g/mol. The molecule has 3 unspecified atom stereocenters. The lowest BCUT2D eigenvalue weighted by atomic mass is 9.65. The highest BCUT2D eigenvalue weighted by Crippen LogP contribution is 2.69. The molecule has 4 aromatic carbocycles. The third kappa shape index (κ3) is 5.80. The lowest BCUT2D eigenvalue weighted by Gasteiger charge is -2.42. The fraction of sp³-hybridized carbons (Fsp3) is 0.326. The molecule has 3 fully saturated rings. The van der Waals surface area contributed by atoms with Gasteiger partial charge in [-0.1, -0.05) is 79.7 Å². The van der Waals surface area contributed by atoms with Gasteiger partial charge in [0.05, 0.1) is 35.8 Å². The number of ether oxygens (including phenoxy) is 1. The number of carbonyl (C=O) groups excluding carboxylic acids is 3. The topological polar surface area (TPSA) is 90.4 Å². The molecule has 3 aliphatic rings. The van der Waals surface area contributed by atoms with Crippen molar-refractivity contribution in [2.75, 3.05) is 36.1 Å². The molecule has 8 nitrogen and oxygen atoms in total. The quantitative estimate of drug-likeness (QED) is 0.149. The molecule has 9 heteroatoms. The van der Waals surface area contributed by atoms with Crippen LogP contribution in [0.3, 0.4) is 0 Å². The number of likely N-dealkylation sites (tertiary alicyclic amines) is 1. The van der Waals surface area contributed by atoms with Crippen LogP contribution in [-0.4, -0.2) is 70.1 Å². The van der Waals surface area contributed by atoms with E-state index in [2.05, 4.69) is 20.1 Å². The number of hydrogen-bond acceptors (Lipinski definition) is 6. The monoisotopic (exact) mass is 715 g/mol.